The normalized spacial score (nSPS) is 17.7. The van der Waals surface area contributed by atoms with Crippen molar-refractivity contribution in [1.29, 1.82) is 0 Å². The first-order chi connectivity index (χ1) is 12.0. The SMILES string of the molecule is Nc1nc(-c2cnn3ccncc23)ncc1NC1CCC(F)(F)CC1. The Balaban J connectivity index is 1.55. The zero-order valence-corrected chi connectivity index (χ0v) is 13.4. The van der Waals surface area contributed by atoms with Crippen LogP contribution in [0.4, 0.5) is 20.3 Å². The van der Waals surface area contributed by atoms with Gasteiger partial charge in [-0.15, -0.1) is 0 Å². The van der Waals surface area contributed by atoms with Crippen molar-refractivity contribution in [1.82, 2.24) is 24.6 Å². The van der Waals surface area contributed by atoms with Crippen LogP contribution in [0, 0.1) is 0 Å². The average molecular weight is 345 g/mol. The van der Waals surface area contributed by atoms with E-state index in [1.165, 1.54) is 0 Å². The van der Waals surface area contributed by atoms with Gasteiger partial charge in [0.05, 0.1) is 35.4 Å². The van der Waals surface area contributed by atoms with E-state index in [2.05, 4.69) is 25.4 Å². The Morgan fingerprint density at radius 1 is 1.20 bits per heavy atom. The lowest BCUT2D eigenvalue weighted by Crippen LogP contribution is -2.32. The molecule has 0 aromatic carbocycles. The molecule has 3 aromatic rings. The largest absolute Gasteiger partial charge is 0.382 e. The van der Waals surface area contributed by atoms with E-state index in [0.29, 0.717) is 24.4 Å². The molecule has 1 fully saturated rings. The summed E-state index contributed by atoms with van der Waals surface area (Å²) in [4.78, 5) is 12.8. The summed E-state index contributed by atoms with van der Waals surface area (Å²) < 4.78 is 28.2. The number of alkyl halides is 2. The Labute approximate surface area is 142 Å². The van der Waals surface area contributed by atoms with Gasteiger partial charge in [0, 0.05) is 31.3 Å². The fraction of sp³-hybridized carbons (Fsp3) is 0.375. The molecule has 7 nitrogen and oxygen atoms in total. The van der Waals surface area contributed by atoms with E-state index in [1.54, 1.807) is 35.5 Å². The van der Waals surface area contributed by atoms with Gasteiger partial charge in [-0.1, -0.05) is 0 Å². The third-order valence-electron chi connectivity index (χ3n) is 4.46. The topological polar surface area (TPSA) is 94.0 Å². The quantitative estimate of drug-likeness (QED) is 0.758. The van der Waals surface area contributed by atoms with Crippen LogP contribution in [0.3, 0.4) is 0 Å². The number of nitrogen functional groups attached to an aromatic ring is 1. The number of nitrogens with one attached hydrogen (secondary N) is 1. The molecule has 25 heavy (non-hydrogen) atoms. The average Bonchev–Trinajstić information content (AvgIpc) is 3.02. The molecule has 9 heteroatoms. The van der Waals surface area contributed by atoms with Crippen molar-refractivity contribution in [3.05, 3.63) is 31.0 Å². The fourth-order valence-corrected chi connectivity index (χ4v) is 3.05. The van der Waals surface area contributed by atoms with Gasteiger partial charge in [-0.05, 0) is 12.8 Å². The van der Waals surface area contributed by atoms with Crippen LogP contribution in [0.1, 0.15) is 25.7 Å². The Hall–Kier alpha value is -2.84. The van der Waals surface area contributed by atoms with Crippen LogP contribution in [0.15, 0.2) is 31.0 Å². The molecule has 0 atom stereocenters. The monoisotopic (exact) mass is 345 g/mol. The summed E-state index contributed by atoms with van der Waals surface area (Å²) in [5.74, 6) is -1.83. The highest BCUT2D eigenvalue weighted by Crippen LogP contribution is 2.35. The van der Waals surface area contributed by atoms with E-state index in [4.69, 9.17) is 5.73 Å². The number of nitrogens with zero attached hydrogens (tertiary/aromatic N) is 5. The maximum absolute atomic E-state index is 13.2. The summed E-state index contributed by atoms with van der Waals surface area (Å²) >= 11 is 0. The summed E-state index contributed by atoms with van der Waals surface area (Å²) in [7, 11) is 0. The second-order valence-corrected chi connectivity index (χ2v) is 6.23. The maximum Gasteiger partial charge on any atom is 0.248 e. The number of nitrogens with two attached hydrogens (primary N) is 1. The molecule has 0 spiro atoms. The van der Waals surface area contributed by atoms with Gasteiger partial charge in [-0.3, -0.25) is 4.98 Å². The van der Waals surface area contributed by atoms with E-state index in [0.717, 1.165) is 11.1 Å². The molecular formula is C16H17F2N7. The van der Waals surface area contributed by atoms with Gasteiger partial charge in [-0.2, -0.15) is 5.10 Å². The van der Waals surface area contributed by atoms with Crippen molar-refractivity contribution < 1.29 is 8.78 Å². The van der Waals surface area contributed by atoms with Crippen molar-refractivity contribution in [3.8, 4) is 11.4 Å². The van der Waals surface area contributed by atoms with E-state index >= 15 is 0 Å². The molecule has 0 saturated heterocycles. The Morgan fingerprint density at radius 2 is 2.00 bits per heavy atom. The minimum atomic E-state index is -2.55. The predicted molar refractivity (Wildman–Crippen MR) is 89.3 cm³/mol. The van der Waals surface area contributed by atoms with E-state index in [9.17, 15) is 8.78 Å². The molecule has 3 heterocycles. The molecule has 0 bridgehead atoms. The molecule has 0 amide bonds. The van der Waals surface area contributed by atoms with Crippen LogP contribution in [0.25, 0.3) is 16.9 Å². The summed E-state index contributed by atoms with van der Waals surface area (Å²) in [5, 5.41) is 7.40. The lowest BCUT2D eigenvalue weighted by Gasteiger charge is -2.29. The molecule has 0 aliphatic heterocycles. The van der Waals surface area contributed by atoms with E-state index in [1.807, 2.05) is 0 Å². The molecule has 0 unspecified atom stereocenters. The van der Waals surface area contributed by atoms with E-state index in [-0.39, 0.29) is 24.7 Å². The first-order valence-electron chi connectivity index (χ1n) is 8.06. The number of rotatable bonds is 3. The highest BCUT2D eigenvalue weighted by molar-refractivity contribution is 5.76. The summed E-state index contributed by atoms with van der Waals surface area (Å²) in [6, 6.07) is -0.0439. The number of aromatic nitrogens is 5. The van der Waals surface area contributed by atoms with Crippen LogP contribution in [-0.4, -0.2) is 36.5 Å². The number of halogens is 2. The zero-order chi connectivity index (χ0) is 17.4. The number of hydrogen-bond donors (Lipinski definition) is 2. The van der Waals surface area contributed by atoms with Crippen molar-refractivity contribution >= 4 is 17.0 Å². The van der Waals surface area contributed by atoms with Gasteiger partial charge in [0.2, 0.25) is 5.92 Å². The van der Waals surface area contributed by atoms with Crippen molar-refractivity contribution in [3.63, 3.8) is 0 Å². The van der Waals surface area contributed by atoms with Gasteiger partial charge < -0.3 is 11.1 Å². The zero-order valence-electron chi connectivity index (χ0n) is 13.4. The fourth-order valence-electron chi connectivity index (χ4n) is 3.05. The Kier molecular flexibility index (Phi) is 3.70. The van der Waals surface area contributed by atoms with Gasteiger partial charge >= 0.3 is 0 Å². The van der Waals surface area contributed by atoms with Crippen LogP contribution in [-0.2, 0) is 0 Å². The summed E-state index contributed by atoms with van der Waals surface area (Å²) in [5.41, 5.74) is 8.10. The van der Waals surface area contributed by atoms with Crippen LogP contribution in [0.2, 0.25) is 0 Å². The van der Waals surface area contributed by atoms with E-state index < -0.39 is 5.92 Å². The van der Waals surface area contributed by atoms with Crippen LogP contribution < -0.4 is 11.1 Å². The first-order valence-corrected chi connectivity index (χ1v) is 8.06. The number of fused-ring (bicyclic) bond motifs is 1. The van der Waals surface area contributed by atoms with Crippen LogP contribution in [0.5, 0.6) is 0 Å². The summed E-state index contributed by atoms with van der Waals surface area (Å²) in [6.45, 7) is 0. The molecule has 4 rings (SSSR count). The maximum atomic E-state index is 13.2. The van der Waals surface area contributed by atoms with Gasteiger partial charge in [0.15, 0.2) is 11.6 Å². The lowest BCUT2D eigenvalue weighted by molar-refractivity contribution is -0.0360. The molecule has 3 N–H and O–H groups in total. The molecule has 1 aliphatic rings. The molecule has 3 aromatic heterocycles. The molecule has 0 radical (unpaired) electrons. The predicted octanol–water partition coefficient (Wildman–Crippen LogP) is 2.76. The number of hydrogen-bond acceptors (Lipinski definition) is 6. The molecular weight excluding hydrogens is 328 g/mol. The molecule has 130 valence electrons. The van der Waals surface area contributed by atoms with Crippen molar-refractivity contribution in [2.75, 3.05) is 11.1 Å². The van der Waals surface area contributed by atoms with Gasteiger partial charge in [0.25, 0.3) is 0 Å². The minimum absolute atomic E-state index is 0.0439. The van der Waals surface area contributed by atoms with Gasteiger partial charge in [-0.25, -0.2) is 23.3 Å². The smallest absolute Gasteiger partial charge is 0.248 e. The number of anilines is 2. The van der Waals surface area contributed by atoms with Crippen molar-refractivity contribution in [2.45, 2.75) is 37.6 Å². The van der Waals surface area contributed by atoms with Gasteiger partial charge in [0.1, 0.15) is 0 Å². The second-order valence-electron chi connectivity index (χ2n) is 6.23. The highest BCUT2D eigenvalue weighted by atomic mass is 19.3. The molecule has 1 aliphatic carbocycles. The van der Waals surface area contributed by atoms with Crippen LogP contribution >= 0.6 is 0 Å². The molecule has 1 saturated carbocycles. The minimum Gasteiger partial charge on any atom is -0.382 e. The lowest BCUT2D eigenvalue weighted by atomic mass is 9.92. The standard InChI is InChI=1S/C16H17F2N7/c17-16(18)3-1-10(2-4-16)23-12-8-21-15(24-14(12)19)11-7-22-25-6-5-20-9-13(11)25/h5-10,23H,1-4H2,(H2,19,21,24). The highest BCUT2D eigenvalue weighted by Gasteiger charge is 2.35. The Morgan fingerprint density at radius 3 is 2.76 bits per heavy atom. The van der Waals surface area contributed by atoms with Crippen molar-refractivity contribution in [2.24, 2.45) is 0 Å². The summed E-state index contributed by atoms with van der Waals surface area (Å²) in [6.07, 6.45) is 8.86. The third kappa shape index (κ3) is 3.09. The third-order valence-corrected chi connectivity index (χ3v) is 4.46. The second kappa shape index (κ2) is 5.91. The Bertz CT molecular complexity index is 898. The first kappa shape index (κ1) is 15.7.